The number of hydrogen-bond acceptors (Lipinski definition) is 3. The molecule has 1 aromatic rings. The quantitative estimate of drug-likeness (QED) is 0.572. The first-order valence-electron chi connectivity index (χ1n) is 5.18. The highest BCUT2D eigenvalue weighted by atomic mass is 32.2. The first-order valence-corrected chi connectivity index (χ1v) is 6.16. The Balaban J connectivity index is 2.07. The fraction of sp³-hybridized carbons (Fsp3) is 0.500. The Bertz CT molecular complexity index is 251. The lowest BCUT2D eigenvalue weighted by molar-refractivity contribution is 0.0591. The highest BCUT2D eigenvalue weighted by Crippen LogP contribution is 2.18. The molecule has 0 amide bonds. The van der Waals surface area contributed by atoms with E-state index in [2.05, 4.69) is 12.1 Å². The van der Waals surface area contributed by atoms with Crippen molar-refractivity contribution >= 4 is 11.8 Å². The lowest BCUT2D eigenvalue weighted by Crippen LogP contribution is -2.13. The van der Waals surface area contributed by atoms with Gasteiger partial charge in [-0.1, -0.05) is 18.2 Å². The van der Waals surface area contributed by atoms with Crippen LogP contribution in [0.4, 0.5) is 0 Å². The zero-order valence-corrected chi connectivity index (χ0v) is 9.87. The van der Waals surface area contributed by atoms with Gasteiger partial charge in [0.15, 0.2) is 0 Å². The number of benzene rings is 1. The minimum absolute atomic E-state index is 0.314. The van der Waals surface area contributed by atoms with E-state index in [0.29, 0.717) is 6.61 Å². The monoisotopic (exact) mass is 226 g/mol. The van der Waals surface area contributed by atoms with Gasteiger partial charge in [-0.2, -0.15) is 0 Å². The summed E-state index contributed by atoms with van der Waals surface area (Å²) < 4.78 is 4.86. The molecule has 0 heterocycles. The van der Waals surface area contributed by atoms with Crippen LogP contribution in [-0.2, 0) is 4.74 Å². The van der Waals surface area contributed by atoms with Gasteiger partial charge in [-0.25, -0.2) is 0 Å². The van der Waals surface area contributed by atoms with E-state index in [1.165, 1.54) is 4.90 Å². The van der Waals surface area contributed by atoms with Crippen molar-refractivity contribution in [1.29, 1.82) is 0 Å². The zero-order valence-electron chi connectivity index (χ0n) is 9.06. The second kappa shape index (κ2) is 7.74. The third kappa shape index (κ3) is 5.82. The first kappa shape index (κ1) is 12.6. The number of rotatable bonds is 7. The fourth-order valence-electron chi connectivity index (χ4n) is 1.30. The molecule has 1 rings (SSSR count). The van der Waals surface area contributed by atoms with E-state index in [9.17, 15) is 5.11 Å². The fourth-order valence-corrected chi connectivity index (χ4v) is 2.20. The summed E-state index contributed by atoms with van der Waals surface area (Å²) in [5.74, 6) is 1.05. The molecule has 3 heteroatoms. The van der Waals surface area contributed by atoms with E-state index in [0.717, 1.165) is 18.6 Å². The van der Waals surface area contributed by atoms with Gasteiger partial charge in [0.25, 0.3) is 0 Å². The molecule has 2 nitrogen and oxygen atoms in total. The zero-order chi connectivity index (χ0) is 10.9. The predicted octanol–water partition coefficient (Wildman–Crippen LogP) is 2.57. The van der Waals surface area contributed by atoms with Crippen LogP contribution in [0.5, 0.6) is 0 Å². The maximum atomic E-state index is 9.41. The molecular weight excluding hydrogens is 208 g/mol. The Kier molecular flexibility index (Phi) is 6.48. The molecule has 1 N–H and O–H groups in total. The Morgan fingerprint density at radius 2 is 2.07 bits per heavy atom. The lowest BCUT2D eigenvalue weighted by atomic mass is 10.2. The van der Waals surface area contributed by atoms with Crippen LogP contribution in [0.25, 0.3) is 0 Å². The van der Waals surface area contributed by atoms with Crippen LogP contribution < -0.4 is 0 Å². The predicted molar refractivity (Wildman–Crippen MR) is 64.3 cm³/mol. The Hall–Kier alpha value is -0.510. The summed E-state index contributed by atoms with van der Waals surface area (Å²) in [6, 6.07) is 10.3. The van der Waals surface area contributed by atoms with Crippen LogP contribution >= 0.6 is 11.8 Å². The Morgan fingerprint density at radius 1 is 1.33 bits per heavy atom. The van der Waals surface area contributed by atoms with Gasteiger partial charge in [0.2, 0.25) is 0 Å². The van der Waals surface area contributed by atoms with Crippen LogP contribution in [0.3, 0.4) is 0 Å². The highest BCUT2D eigenvalue weighted by Gasteiger charge is 2.02. The average molecular weight is 226 g/mol. The highest BCUT2D eigenvalue weighted by molar-refractivity contribution is 7.99. The number of methoxy groups -OCH3 is 1. The number of aliphatic hydroxyl groups excluding tert-OH is 1. The maximum Gasteiger partial charge on any atom is 0.0773 e. The summed E-state index contributed by atoms with van der Waals surface area (Å²) in [6.07, 6.45) is 1.52. The van der Waals surface area contributed by atoms with Crippen molar-refractivity contribution in [3.8, 4) is 0 Å². The second-order valence-electron chi connectivity index (χ2n) is 3.41. The molecule has 84 valence electrons. The third-order valence-electron chi connectivity index (χ3n) is 2.05. The molecule has 0 saturated carbocycles. The molecule has 1 aromatic carbocycles. The minimum atomic E-state index is -0.314. The average Bonchev–Trinajstić information content (AvgIpc) is 2.26. The van der Waals surface area contributed by atoms with Gasteiger partial charge in [-0.15, -0.1) is 11.8 Å². The Morgan fingerprint density at radius 3 is 2.73 bits per heavy atom. The lowest BCUT2D eigenvalue weighted by Gasteiger charge is -2.08. The molecule has 0 radical (unpaired) electrons. The number of thioether (sulfide) groups is 1. The van der Waals surface area contributed by atoms with Gasteiger partial charge >= 0.3 is 0 Å². The molecule has 0 spiro atoms. The summed E-state index contributed by atoms with van der Waals surface area (Å²) >= 11 is 1.83. The van der Waals surface area contributed by atoms with Gasteiger partial charge in [-0.05, 0) is 30.7 Å². The molecule has 0 fully saturated rings. The van der Waals surface area contributed by atoms with Crippen LogP contribution in [0.2, 0.25) is 0 Å². The Labute approximate surface area is 95.7 Å². The van der Waals surface area contributed by atoms with E-state index >= 15 is 0 Å². The standard InChI is InChI=1S/C12H18O2S/c1-14-10-11(13)6-5-9-15-12-7-3-2-4-8-12/h2-4,7-8,11,13H,5-6,9-10H2,1H3. The van der Waals surface area contributed by atoms with Crippen LogP contribution in [0.15, 0.2) is 35.2 Å². The number of hydrogen-bond donors (Lipinski definition) is 1. The van der Waals surface area contributed by atoms with Gasteiger partial charge in [-0.3, -0.25) is 0 Å². The molecule has 0 aromatic heterocycles. The van der Waals surface area contributed by atoms with Crippen molar-refractivity contribution in [2.75, 3.05) is 19.5 Å². The topological polar surface area (TPSA) is 29.5 Å². The second-order valence-corrected chi connectivity index (χ2v) is 4.58. The van der Waals surface area contributed by atoms with Crippen molar-refractivity contribution in [3.05, 3.63) is 30.3 Å². The van der Waals surface area contributed by atoms with Crippen molar-refractivity contribution in [1.82, 2.24) is 0 Å². The SMILES string of the molecule is COCC(O)CCCSc1ccccc1. The van der Waals surface area contributed by atoms with Gasteiger partial charge in [0, 0.05) is 12.0 Å². The molecular formula is C12H18O2S. The smallest absolute Gasteiger partial charge is 0.0773 e. The summed E-state index contributed by atoms with van der Waals surface area (Å²) in [4.78, 5) is 1.29. The molecule has 1 atom stereocenters. The normalized spacial score (nSPS) is 12.7. The van der Waals surface area contributed by atoms with E-state index < -0.39 is 0 Å². The minimum Gasteiger partial charge on any atom is -0.391 e. The molecule has 0 aliphatic rings. The number of aliphatic hydroxyl groups is 1. The van der Waals surface area contributed by atoms with E-state index in [4.69, 9.17) is 4.74 Å². The van der Waals surface area contributed by atoms with Crippen molar-refractivity contribution < 1.29 is 9.84 Å². The van der Waals surface area contributed by atoms with Crippen LogP contribution in [-0.4, -0.2) is 30.7 Å². The van der Waals surface area contributed by atoms with Crippen molar-refractivity contribution in [2.45, 2.75) is 23.8 Å². The molecule has 0 aliphatic carbocycles. The van der Waals surface area contributed by atoms with Crippen LogP contribution in [0.1, 0.15) is 12.8 Å². The van der Waals surface area contributed by atoms with E-state index in [1.54, 1.807) is 7.11 Å². The summed E-state index contributed by atoms with van der Waals surface area (Å²) in [5.41, 5.74) is 0. The van der Waals surface area contributed by atoms with Gasteiger partial charge in [0.05, 0.1) is 12.7 Å². The summed E-state index contributed by atoms with van der Waals surface area (Å²) in [5, 5.41) is 9.41. The first-order chi connectivity index (χ1) is 7.33. The maximum absolute atomic E-state index is 9.41. The molecule has 1 unspecified atom stereocenters. The largest absolute Gasteiger partial charge is 0.391 e. The third-order valence-corrected chi connectivity index (χ3v) is 3.15. The van der Waals surface area contributed by atoms with Gasteiger partial charge < -0.3 is 9.84 Å². The van der Waals surface area contributed by atoms with E-state index in [-0.39, 0.29) is 6.10 Å². The summed E-state index contributed by atoms with van der Waals surface area (Å²) in [7, 11) is 1.61. The molecule has 0 saturated heterocycles. The van der Waals surface area contributed by atoms with Crippen LogP contribution in [0, 0.1) is 0 Å². The molecule has 15 heavy (non-hydrogen) atoms. The summed E-state index contributed by atoms with van der Waals surface area (Å²) in [6.45, 7) is 0.440. The van der Waals surface area contributed by atoms with Crippen molar-refractivity contribution in [3.63, 3.8) is 0 Å². The van der Waals surface area contributed by atoms with Crippen molar-refractivity contribution in [2.24, 2.45) is 0 Å². The van der Waals surface area contributed by atoms with E-state index in [1.807, 2.05) is 30.0 Å². The molecule has 0 aliphatic heterocycles. The van der Waals surface area contributed by atoms with Gasteiger partial charge in [0.1, 0.15) is 0 Å². The molecule has 0 bridgehead atoms. The number of ether oxygens (including phenoxy) is 1.